The van der Waals surface area contributed by atoms with Crippen molar-refractivity contribution < 1.29 is 9.13 Å². The first-order valence-electron chi connectivity index (χ1n) is 5.44. The van der Waals surface area contributed by atoms with Crippen molar-refractivity contribution in [3.8, 4) is 17.6 Å². The van der Waals surface area contributed by atoms with Gasteiger partial charge in [-0.3, -0.25) is 0 Å². The van der Waals surface area contributed by atoms with Crippen molar-refractivity contribution in [3.63, 3.8) is 0 Å². The first-order valence-corrected chi connectivity index (χ1v) is 6.23. The molecule has 0 saturated carbocycles. The highest BCUT2D eigenvalue weighted by Gasteiger charge is 2.10. The van der Waals surface area contributed by atoms with Crippen LogP contribution in [0, 0.1) is 24.1 Å². The van der Waals surface area contributed by atoms with Crippen LogP contribution in [0.15, 0.2) is 34.8 Å². The fourth-order valence-electron chi connectivity index (χ4n) is 1.53. The lowest BCUT2D eigenvalue weighted by Gasteiger charge is -2.11. The molecule has 2 N–H and O–H groups in total. The molecule has 0 amide bonds. The minimum Gasteiger partial charge on any atom is -0.455 e. The number of hydrogen-bond acceptors (Lipinski definition) is 3. The largest absolute Gasteiger partial charge is 0.455 e. The van der Waals surface area contributed by atoms with Gasteiger partial charge in [-0.25, -0.2) is 4.39 Å². The highest BCUT2D eigenvalue weighted by Crippen LogP contribution is 2.33. The van der Waals surface area contributed by atoms with E-state index in [2.05, 4.69) is 15.9 Å². The van der Waals surface area contributed by atoms with E-state index >= 15 is 0 Å². The Kier molecular flexibility index (Phi) is 3.72. The Bertz CT molecular complexity index is 680. The number of hydrogen-bond donors (Lipinski definition) is 1. The first kappa shape index (κ1) is 13.4. The van der Waals surface area contributed by atoms with Crippen molar-refractivity contribution in [2.45, 2.75) is 6.92 Å². The maximum Gasteiger partial charge on any atom is 0.151 e. The van der Waals surface area contributed by atoms with Gasteiger partial charge in [-0.2, -0.15) is 5.26 Å². The van der Waals surface area contributed by atoms with Crippen LogP contribution >= 0.6 is 15.9 Å². The summed E-state index contributed by atoms with van der Waals surface area (Å²) in [7, 11) is 0. The van der Waals surface area contributed by atoms with E-state index in [0.717, 1.165) is 5.56 Å². The summed E-state index contributed by atoms with van der Waals surface area (Å²) in [6.45, 7) is 1.85. The Balaban J connectivity index is 2.42. The third-order valence-corrected chi connectivity index (χ3v) is 3.20. The van der Waals surface area contributed by atoms with Gasteiger partial charge in [0.05, 0.1) is 21.8 Å². The second kappa shape index (κ2) is 5.29. The van der Waals surface area contributed by atoms with Gasteiger partial charge in [0.1, 0.15) is 11.6 Å². The molecule has 0 saturated heterocycles. The van der Waals surface area contributed by atoms with Gasteiger partial charge in [-0.1, -0.05) is 6.07 Å². The fraction of sp³-hybridized carbons (Fsp3) is 0.0714. The zero-order valence-corrected chi connectivity index (χ0v) is 11.7. The Hall–Kier alpha value is -2.06. The average molecular weight is 321 g/mol. The summed E-state index contributed by atoms with van der Waals surface area (Å²) in [6, 6.07) is 9.78. The number of ether oxygens (including phenoxy) is 1. The van der Waals surface area contributed by atoms with Crippen LogP contribution in [0.5, 0.6) is 11.5 Å². The smallest absolute Gasteiger partial charge is 0.151 e. The van der Waals surface area contributed by atoms with Crippen LogP contribution in [0.3, 0.4) is 0 Å². The molecule has 5 heteroatoms. The lowest BCUT2D eigenvalue weighted by Crippen LogP contribution is -1.95. The summed E-state index contributed by atoms with van der Waals surface area (Å²) >= 11 is 3.08. The monoisotopic (exact) mass is 320 g/mol. The molecule has 96 valence electrons. The summed E-state index contributed by atoms with van der Waals surface area (Å²) in [4.78, 5) is 0. The number of aryl methyl sites for hydroxylation is 1. The Morgan fingerprint density at radius 3 is 2.68 bits per heavy atom. The number of nitrogens with zero attached hydrogens (tertiary/aromatic N) is 1. The SMILES string of the molecule is Cc1ccc(C#N)cc1Oc1cc(Br)c(F)cc1N. The lowest BCUT2D eigenvalue weighted by molar-refractivity contribution is 0.478. The number of anilines is 1. The number of nitrogens with two attached hydrogens (primary N) is 1. The molecule has 3 nitrogen and oxygen atoms in total. The summed E-state index contributed by atoms with van der Waals surface area (Å²) < 4.78 is 19.2. The Morgan fingerprint density at radius 1 is 1.26 bits per heavy atom. The van der Waals surface area contributed by atoms with Crippen LogP contribution in [0.1, 0.15) is 11.1 Å². The minimum atomic E-state index is -0.452. The van der Waals surface area contributed by atoms with Crippen molar-refractivity contribution in [2.75, 3.05) is 5.73 Å². The first-order chi connectivity index (χ1) is 9.01. The number of halogens is 2. The van der Waals surface area contributed by atoms with Gasteiger partial charge in [0.15, 0.2) is 5.75 Å². The zero-order valence-electron chi connectivity index (χ0n) is 10.1. The highest BCUT2D eigenvalue weighted by atomic mass is 79.9. The second-order valence-electron chi connectivity index (χ2n) is 4.00. The number of rotatable bonds is 2. The van der Waals surface area contributed by atoms with E-state index in [4.69, 9.17) is 15.7 Å². The van der Waals surface area contributed by atoms with Crippen molar-refractivity contribution in [3.05, 3.63) is 51.7 Å². The molecular formula is C14H10BrFN2O. The molecule has 0 unspecified atom stereocenters. The van der Waals surface area contributed by atoms with E-state index in [1.54, 1.807) is 18.2 Å². The third kappa shape index (κ3) is 2.85. The predicted molar refractivity (Wildman–Crippen MR) is 74.5 cm³/mol. The molecule has 0 aliphatic rings. The van der Waals surface area contributed by atoms with E-state index in [-0.39, 0.29) is 10.2 Å². The average Bonchev–Trinajstić information content (AvgIpc) is 2.38. The van der Waals surface area contributed by atoms with E-state index < -0.39 is 5.82 Å². The van der Waals surface area contributed by atoms with Gasteiger partial charge in [0.25, 0.3) is 0 Å². The normalized spacial score (nSPS) is 10.0. The fourth-order valence-corrected chi connectivity index (χ4v) is 1.85. The van der Waals surface area contributed by atoms with Gasteiger partial charge >= 0.3 is 0 Å². The highest BCUT2D eigenvalue weighted by molar-refractivity contribution is 9.10. The molecular weight excluding hydrogens is 311 g/mol. The van der Waals surface area contributed by atoms with Gasteiger partial charge in [-0.15, -0.1) is 0 Å². The van der Waals surface area contributed by atoms with Gasteiger partial charge < -0.3 is 10.5 Å². The maximum absolute atomic E-state index is 13.3. The van der Waals surface area contributed by atoms with Crippen molar-refractivity contribution in [2.24, 2.45) is 0 Å². The van der Waals surface area contributed by atoms with Crippen molar-refractivity contribution in [1.82, 2.24) is 0 Å². The molecule has 0 bridgehead atoms. The summed E-state index contributed by atoms with van der Waals surface area (Å²) in [5, 5.41) is 8.87. The van der Waals surface area contributed by atoms with E-state index in [1.807, 2.05) is 13.0 Å². The molecule has 0 spiro atoms. The Labute approximate surface area is 118 Å². The Morgan fingerprint density at radius 2 is 2.00 bits per heavy atom. The summed E-state index contributed by atoms with van der Waals surface area (Å²) in [5.41, 5.74) is 7.25. The summed E-state index contributed by atoms with van der Waals surface area (Å²) in [6.07, 6.45) is 0. The van der Waals surface area contributed by atoms with Crippen LogP contribution in [-0.4, -0.2) is 0 Å². The molecule has 0 radical (unpaired) electrons. The predicted octanol–water partition coefficient (Wildman–Crippen LogP) is 4.14. The molecule has 2 rings (SSSR count). The van der Waals surface area contributed by atoms with Gasteiger partial charge in [0, 0.05) is 12.1 Å². The molecule has 0 atom stereocenters. The molecule has 0 aliphatic heterocycles. The quantitative estimate of drug-likeness (QED) is 0.846. The molecule has 0 aromatic heterocycles. The van der Waals surface area contributed by atoms with Crippen molar-refractivity contribution in [1.29, 1.82) is 5.26 Å². The number of benzene rings is 2. The summed E-state index contributed by atoms with van der Waals surface area (Å²) in [5.74, 6) is 0.406. The van der Waals surface area contributed by atoms with E-state index in [0.29, 0.717) is 17.1 Å². The van der Waals surface area contributed by atoms with Gasteiger partial charge in [-0.05, 0) is 40.5 Å². The molecule has 0 fully saturated rings. The lowest BCUT2D eigenvalue weighted by atomic mass is 10.1. The van der Waals surface area contributed by atoms with Crippen LogP contribution in [0.2, 0.25) is 0 Å². The second-order valence-corrected chi connectivity index (χ2v) is 4.85. The maximum atomic E-state index is 13.3. The molecule has 19 heavy (non-hydrogen) atoms. The van der Waals surface area contributed by atoms with Crippen molar-refractivity contribution >= 4 is 21.6 Å². The minimum absolute atomic E-state index is 0.197. The number of nitrogen functional groups attached to an aromatic ring is 1. The van der Waals surface area contributed by atoms with Crippen LogP contribution < -0.4 is 10.5 Å². The molecule has 2 aromatic rings. The zero-order chi connectivity index (χ0) is 14.0. The topological polar surface area (TPSA) is 59.0 Å². The van der Waals surface area contributed by atoms with Gasteiger partial charge in [0.2, 0.25) is 0 Å². The molecule has 2 aromatic carbocycles. The van der Waals surface area contributed by atoms with E-state index in [9.17, 15) is 4.39 Å². The molecule has 0 aliphatic carbocycles. The van der Waals surface area contributed by atoms with Crippen LogP contribution in [0.4, 0.5) is 10.1 Å². The third-order valence-electron chi connectivity index (χ3n) is 2.59. The van der Waals surface area contributed by atoms with E-state index in [1.165, 1.54) is 12.1 Å². The van der Waals surface area contributed by atoms with Crippen LogP contribution in [0.25, 0.3) is 0 Å². The number of nitriles is 1. The van der Waals surface area contributed by atoms with Crippen LogP contribution in [-0.2, 0) is 0 Å². The standard InChI is InChI=1S/C14H10BrFN2O/c1-8-2-3-9(7-17)4-13(8)19-14-5-10(15)11(16)6-12(14)18/h2-6H,18H2,1H3. The molecule has 0 heterocycles.